The maximum Gasteiger partial charge on any atom is 0.156 e. The number of hydrogen-bond acceptors (Lipinski definition) is 2. The van der Waals surface area contributed by atoms with Gasteiger partial charge in [-0.1, -0.05) is 18.2 Å². The summed E-state index contributed by atoms with van der Waals surface area (Å²) in [4.78, 5) is 11.8. The number of nitrogens with zero attached hydrogens (tertiary/aromatic N) is 2. The lowest BCUT2D eigenvalue weighted by Gasteiger charge is -2.03. The van der Waals surface area contributed by atoms with Crippen LogP contribution in [0.4, 0.5) is 0 Å². The third kappa shape index (κ3) is 1.46. The molecule has 3 nitrogen and oxygen atoms in total. The third-order valence-electron chi connectivity index (χ3n) is 2.57. The van der Waals surface area contributed by atoms with Gasteiger partial charge in [0, 0.05) is 18.1 Å². The molecule has 0 bridgehead atoms. The van der Waals surface area contributed by atoms with Gasteiger partial charge in [0.05, 0.1) is 0 Å². The molecule has 0 saturated carbocycles. The Kier molecular flexibility index (Phi) is 1.88. The minimum atomic E-state index is 0.854. The SMILES string of the molecule is C1=CC(c2cc3nccnc3[nH]2)=CCC1. The summed E-state index contributed by atoms with van der Waals surface area (Å²) in [6.07, 6.45) is 12.3. The summed E-state index contributed by atoms with van der Waals surface area (Å²) in [5.41, 5.74) is 4.12. The van der Waals surface area contributed by atoms with Gasteiger partial charge in [-0.05, 0) is 24.5 Å². The zero-order valence-electron chi connectivity index (χ0n) is 8.27. The molecule has 3 heteroatoms. The lowest BCUT2D eigenvalue weighted by Crippen LogP contribution is -1.85. The number of H-pyrrole nitrogens is 1. The van der Waals surface area contributed by atoms with Crippen molar-refractivity contribution in [3.05, 3.63) is 42.4 Å². The van der Waals surface area contributed by atoms with Gasteiger partial charge in [-0.25, -0.2) is 4.98 Å². The summed E-state index contributed by atoms with van der Waals surface area (Å²) in [6, 6.07) is 2.05. The minimum absolute atomic E-state index is 0.854. The fourth-order valence-corrected chi connectivity index (χ4v) is 1.82. The largest absolute Gasteiger partial charge is 0.338 e. The molecule has 0 aromatic carbocycles. The first-order valence-electron chi connectivity index (χ1n) is 5.10. The maximum atomic E-state index is 4.25. The summed E-state index contributed by atoms with van der Waals surface area (Å²) in [5, 5.41) is 0. The zero-order chi connectivity index (χ0) is 10.1. The van der Waals surface area contributed by atoms with Gasteiger partial charge in [0.2, 0.25) is 0 Å². The van der Waals surface area contributed by atoms with E-state index < -0.39 is 0 Å². The second kappa shape index (κ2) is 3.35. The molecule has 0 atom stereocenters. The van der Waals surface area contributed by atoms with Crippen molar-refractivity contribution in [3.8, 4) is 0 Å². The van der Waals surface area contributed by atoms with Gasteiger partial charge in [-0.15, -0.1) is 0 Å². The highest BCUT2D eigenvalue weighted by Gasteiger charge is 2.06. The van der Waals surface area contributed by atoms with E-state index in [1.165, 1.54) is 5.57 Å². The van der Waals surface area contributed by atoms with Gasteiger partial charge in [-0.3, -0.25) is 4.98 Å². The highest BCUT2D eigenvalue weighted by Crippen LogP contribution is 2.22. The van der Waals surface area contributed by atoms with E-state index in [0.717, 1.165) is 29.7 Å². The Bertz CT molecular complexity index is 516. The molecule has 2 heterocycles. The van der Waals surface area contributed by atoms with Crippen LogP contribution in [0.3, 0.4) is 0 Å². The number of rotatable bonds is 1. The molecule has 0 spiro atoms. The molecule has 0 amide bonds. The fraction of sp³-hybridized carbons (Fsp3) is 0.167. The molecule has 0 fully saturated rings. The molecule has 2 aromatic rings. The minimum Gasteiger partial charge on any atom is -0.338 e. The van der Waals surface area contributed by atoms with Crippen molar-refractivity contribution < 1.29 is 0 Å². The van der Waals surface area contributed by atoms with Crippen LogP contribution in [-0.4, -0.2) is 15.0 Å². The van der Waals surface area contributed by atoms with Gasteiger partial charge in [-0.2, -0.15) is 0 Å². The number of allylic oxidation sites excluding steroid dienone is 4. The molecule has 0 unspecified atom stereocenters. The number of fused-ring (bicyclic) bond motifs is 1. The lowest BCUT2D eigenvalue weighted by atomic mass is 10.0. The average molecular weight is 197 g/mol. The summed E-state index contributed by atoms with van der Waals surface area (Å²) in [5.74, 6) is 0. The fourth-order valence-electron chi connectivity index (χ4n) is 1.82. The lowest BCUT2D eigenvalue weighted by molar-refractivity contribution is 1.04. The third-order valence-corrected chi connectivity index (χ3v) is 2.57. The molecule has 1 aliphatic rings. The first kappa shape index (κ1) is 8.41. The highest BCUT2D eigenvalue weighted by molar-refractivity contribution is 5.82. The van der Waals surface area contributed by atoms with E-state index in [1.54, 1.807) is 12.4 Å². The van der Waals surface area contributed by atoms with E-state index in [2.05, 4.69) is 33.2 Å². The van der Waals surface area contributed by atoms with Crippen LogP contribution >= 0.6 is 0 Å². The van der Waals surface area contributed by atoms with E-state index in [0.29, 0.717) is 0 Å². The standard InChI is InChI=1S/C12H11N3/c1-2-4-9(5-3-1)10-8-11-12(15-10)14-7-6-13-11/h2,4-8H,1,3H2,(H,14,15). The second-order valence-corrected chi connectivity index (χ2v) is 3.61. The summed E-state index contributed by atoms with van der Waals surface area (Å²) in [7, 11) is 0. The Morgan fingerprint density at radius 2 is 2.07 bits per heavy atom. The van der Waals surface area contributed by atoms with Crippen molar-refractivity contribution in [2.75, 3.05) is 0 Å². The van der Waals surface area contributed by atoms with Gasteiger partial charge in [0.25, 0.3) is 0 Å². The highest BCUT2D eigenvalue weighted by atomic mass is 14.9. The summed E-state index contributed by atoms with van der Waals surface area (Å²) < 4.78 is 0. The number of hydrogen-bond donors (Lipinski definition) is 1. The molecule has 2 aromatic heterocycles. The molecular weight excluding hydrogens is 186 g/mol. The van der Waals surface area contributed by atoms with Crippen LogP contribution in [0.2, 0.25) is 0 Å². The monoisotopic (exact) mass is 197 g/mol. The van der Waals surface area contributed by atoms with Crippen molar-refractivity contribution in [2.45, 2.75) is 12.8 Å². The Morgan fingerprint density at radius 1 is 1.13 bits per heavy atom. The average Bonchev–Trinajstić information content (AvgIpc) is 2.74. The van der Waals surface area contributed by atoms with Crippen molar-refractivity contribution in [2.24, 2.45) is 0 Å². The van der Waals surface area contributed by atoms with E-state index in [-0.39, 0.29) is 0 Å². The van der Waals surface area contributed by atoms with E-state index in [1.807, 2.05) is 6.07 Å². The number of aromatic amines is 1. The van der Waals surface area contributed by atoms with Crippen LogP contribution in [0.15, 0.2) is 36.7 Å². The number of nitrogens with one attached hydrogen (secondary N) is 1. The first-order chi connectivity index (χ1) is 7.43. The predicted molar refractivity (Wildman–Crippen MR) is 60.2 cm³/mol. The molecule has 1 N–H and O–H groups in total. The first-order valence-corrected chi connectivity index (χ1v) is 5.10. The van der Waals surface area contributed by atoms with E-state index >= 15 is 0 Å². The van der Waals surface area contributed by atoms with Gasteiger partial charge in [0.1, 0.15) is 5.52 Å². The normalized spacial score (nSPS) is 15.6. The van der Waals surface area contributed by atoms with Gasteiger partial charge >= 0.3 is 0 Å². The molecule has 3 rings (SSSR count). The molecular formula is C12H11N3. The van der Waals surface area contributed by atoms with Crippen molar-refractivity contribution in [1.82, 2.24) is 15.0 Å². The van der Waals surface area contributed by atoms with Gasteiger partial charge in [0.15, 0.2) is 5.65 Å². The van der Waals surface area contributed by atoms with E-state index in [9.17, 15) is 0 Å². The predicted octanol–water partition coefficient (Wildman–Crippen LogP) is 2.69. The Morgan fingerprint density at radius 3 is 2.87 bits per heavy atom. The van der Waals surface area contributed by atoms with Crippen LogP contribution in [0, 0.1) is 0 Å². The van der Waals surface area contributed by atoms with Crippen LogP contribution in [0.1, 0.15) is 18.5 Å². The molecule has 15 heavy (non-hydrogen) atoms. The van der Waals surface area contributed by atoms with Crippen molar-refractivity contribution in [3.63, 3.8) is 0 Å². The van der Waals surface area contributed by atoms with Crippen LogP contribution in [-0.2, 0) is 0 Å². The smallest absolute Gasteiger partial charge is 0.156 e. The molecule has 0 saturated heterocycles. The Hall–Kier alpha value is -1.90. The molecule has 74 valence electrons. The topological polar surface area (TPSA) is 41.6 Å². The van der Waals surface area contributed by atoms with Gasteiger partial charge < -0.3 is 4.98 Å². The van der Waals surface area contributed by atoms with Crippen molar-refractivity contribution in [1.29, 1.82) is 0 Å². The maximum absolute atomic E-state index is 4.25. The molecule has 1 aliphatic carbocycles. The van der Waals surface area contributed by atoms with Crippen LogP contribution in [0.5, 0.6) is 0 Å². The zero-order valence-corrected chi connectivity index (χ0v) is 8.27. The summed E-state index contributed by atoms with van der Waals surface area (Å²) >= 11 is 0. The van der Waals surface area contributed by atoms with Crippen LogP contribution < -0.4 is 0 Å². The second-order valence-electron chi connectivity index (χ2n) is 3.61. The Balaban J connectivity index is 2.11. The number of aromatic nitrogens is 3. The molecule has 0 aliphatic heterocycles. The van der Waals surface area contributed by atoms with E-state index in [4.69, 9.17) is 0 Å². The van der Waals surface area contributed by atoms with Crippen LogP contribution in [0.25, 0.3) is 16.7 Å². The molecule has 0 radical (unpaired) electrons. The quantitative estimate of drug-likeness (QED) is 0.763. The summed E-state index contributed by atoms with van der Waals surface area (Å²) in [6.45, 7) is 0. The van der Waals surface area contributed by atoms with Crippen molar-refractivity contribution >= 4 is 16.7 Å². The Labute approximate surface area is 87.6 Å².